The van der Waals surface area contributed by atoms with E-state index in [1.165, 1.54) is 0 Å². The second-order valence-electron chi connectivity index (χ2n) is 3.30. The van der Waals surface area contributed by atoms with Crippen molar-refractivity contribution >= 4 is 31.5 Å². The van der Waals surface area contributed by atoms with Crippen molar-refractivity contribution in [3.63, 3.8) is 0 Å². The number of anilines is 1. The van der Waals surface area contributed by atoms with Gasteiger partial charge in [0.15, 0.2) is 9.84 Å². The molecule has 4 nitrogen and oxygen atoms in total. The Morgan fingerprint density at radius 3 is 2.53 bits per heavy atom. The van der Waals surface area contributed by atoms with Crippen LogP contribution in [0.15, 0.2) is 24.3 Å². The summed E-state index contributed by atoms with van der Waals surface area (Å²) in [5.41, 5.74) is 6.49. The molecule has 0 spiro atoms. The minimum absolute atomic E-state index is 0.474. The number of hydrogen-bond donors (Lipinski definition) is 2. The molecular formula is C9H12BrNO3S. The second kappa shape index (κ2) is 4.51. The van der Waals surface area contributed by atoms with Gasteiger partial charge < -0.3 is 10.8 Å². The van der Waals surface area contributed by atoms with Gasteiger partial charge in [-0.2, -0.15) is 0 Å². The second-order valence-corrected chi connectivity index (χ2v) is 7.06. The van der Waals surface area contributed by atoms with E-state index in [0.717, 1.165) is 6.26 Å². The standard InChI is InChI=1S/C9H12BrNO3S/c1-15(13,14)9(10)8(12)6-3-2-4-7(11)5-6/h2-5,8-9,12H,11H2,1H3/t8-,9-/m0/s1. The van der Waals surface area contributed by atoms with Crippen molar-refractivity contribution in [2.75, 3.05) is 12.0 Å². The molecule has 0 unspecified atom stereocenters. The number of hydrogen-bond acceptors (Lipinski definition) is 4. The molecule has 0 radical (unpaired) electrons. The van der Waals surface area contributed by atoms with Gasteiger partial charge in [-0.1, -0.05) is 28.1 Å². The van der Waals surface area contributed by atoms with E-state index in [9.17, 15) is 13.5 Å². The molecule has 0 aliphatic heterocycles. The predicted molar refractivity (Wildman–Crippen MR) is 63.4 cm³/mol. The van der Waals surface area contributed by atoms with E-state index >= 15 is 0 Å². The van der Waals surface area contributed by atoms with Gasteiger partial charge >= 0.3 is 0 Å². The molecule has 1 aromatic carbocycles. The Labute approximate surface area is 97.2 Å². The smallest absolute Gasteiger partial charge is 0.163 e. The Balaban J connectivity index is 3.00. The van der Waals surface area contributed by atoms with Gasteiger partial charge in [-0.15, -0.1) is 0 Å². The zero-order valence-electron chi connectivity index (χ0n) is 8.09. The first-order valence-electron chi connectivity index (χ1n) is 4.19. The average molecular weight is 294 g/mol. The fourth-order valence-corrected chi connectivity index (χ4v) is 2.06. The van der Waals surface area contributed by atoms with Crippen LogP contribution in [0, 0.1) is 0 Å². The minimum atomic E-state index is -3.34. The number of sulfone groups is 1. The maximum atomic E-state index is 11.2. The Morgan fingerprint density at radius 2 is 2.07 bits per heavy atom. The highest BCUT2D eigenvalue weighted by Crippen LogP contribution is 2.27. The number of aliphatic hydroxyl groups excluding tert-OH is 1. The minimum Gasteiger partial charge on any atom is -0.399 e. The highest BCUT2D eigenvalue weighted by atomic mass is 79.9. The summed E-state index contributed by atoms with van der Waals surface area (Å²) >= 11 is 2.95. The van der Waals surface area contributed by atoms with E-state index in [0.29, 0.717) is 11.3 Å². The number of nitrogens with two attached hydrogens (primary N) is 1. The topological polar surface area (TPSA) is 80.4 Å². The number of alkyl halides is 1. The van der Waals surface area contributed by atoms with Crippen molar-refractivity contribution in [3.05, 3.63) is 29.8 Å². The van der Waals surface area contributed by atoms with Crippen molar-refractivity contribution in [2.45, 2.75) is 10.3 Å². The van der Waals surface area contributed by atoms with E-state index in [1.807, 2.05) is 0 Å². The van der Waals surface area contributed by atoms with Gasteiger partial charge in [-0.05, 0) is 17.7 Å². The van der Waals surface area contributed by atoms with Crippen LogP contribution in [0.5, 0.6) is 0 Å². The lowest BCUT2D eigenvalue weighted by molar-refractivity contribution is 0.195. The number of halogens is 1. The maximum absolute atomic E-state index is 11.2. The Hall–Kier alpha value is -0.590. The molecule has 1 rings (SSSR count). The molecule has 1 aromatic rings. The van der Waals surface area contributed by atoms with Crippen LogP contribution in [0.25, 0.3) is 0 Å². The third kappa shape index (κ3) is 3.19. The molecule has 0 aromatic heterocycles. The molecule has 15 heavy (non-hydrogen) atoms. The molecule has 0 amide bonds. The van der Waals surface area contributed by atoms with Crippen molar-refractivity contribution in [3.8, 4) is 0 Å². The van der Waals surface area contributed by atoms with E-state index in [2.05, 4.69) is 15.9 Å². The van der Waals surface area contributed by atoms with Crippen molar-refractivity contribution in [2.24, 2.45) is 0 Å². The summed E-state index contributed by atoms with van der Waals surface area (Å²) < 4.78 is 21.4. The van der Waals surface area contributed by atoms with E-state index in [4.69, 9.17) is 5.73 Å². The zero-order valence-corrected chi connectivity index (χ0v) is 10.5. The molecule has 0 fully saturated rings. The van der Waals surface area contributed by atoms with Gasteiger partial charge in [0.25, 0.3) is 0 Å². The van der Waals surface area contributed by atoms with Crippen LogP contribution >= 0.6 is 15.9 Å². The van der Waals surface area contributed by atoms with Crippen molar-refractivity contribution in [1.82, 2.24) is 0 Å². The molecule has 0 saturated heterocycles. The predicted octanol–water partition coefficient (Wildman–Crippen LogP) is 1.07. The fourth-order valence-electron chi connectivity index (χ4n) is 1.13. The lowest BCUT2D eigenvalue weighted by atomic mass is 10.1. The summed E-state index contributed by atoms with van der Waals surface area (Å²) in [6.07, 6.45) is -0.0643. The Kier molecular flexibility index (Phi) is 3.75. The number of benzene rings is 1. The molecule has 0 heterocycles. The first-order valence-corrected chi connectivity index (χ1v) is 7.06. The number of aliphatic hydroxyl groups is 1. The SMILES string of the molecule is CS(=O)(=O)[C@H](Br)[C@@H](O)c1cccc(N)c1. The largest absolute Gasteiger partial charge is 0.399 e. The molecule has 3 N–H and O–H groups in total. The monoisotopic (exact) mass is 293 g/mol. The first kappa shape index (κ1) is 12.5. The van der Waals surface area contributed by atoms with Crippen LogP contribution in [-0.4, -0.2) is 23.9 Å². The van der Waals surface area contributed by atoms with E-state index < -0.39 is 20.1 Å². The molecule has 0 aliphatic rings. The normalized spacial score (nSPS) is 15.9. The fraction of sp³-hybridized carbons (Fsp3) is 0.333. The van der Waals surface area contributed by atoms with Gasteiger partial charge in [0.2, 0.25) is 0 Å². The molecule has 84 valence electrons. The summed E-state index contributed by atoms with van der Waals surface area (Å²) in [5.74, 6) is 0. The summed E-state index contributed by atoms with van der Waals surface area (Å²) in [6, 6.07) is 6.50. The quantitative estimate of drug-likeness (QED) is 0.645. The van der Waals surface area contributed by atoms with Crippen LogP contribution in [0.2, 0.25) is 0 Å². The summed E-state index contributed by atoms with van der Waals surface area (Å²) in [4.78, 5) is 0. The van der Waals surface area contributed by atoms with E-state index in [1.54, 1.807) is 24.3 Å². The van der Waals surface area contributed by atoms with Gasteiger partial charge in [-0.3, -0.25) is 0 Å². The van der Waals surface area contributed by atoms with Crippen LogP contribution in [0.3, 0.4) is 0 Å². The zero-order chi connectivity index (χ0) is 11.6. The highest BCUT2D eigenvalue weighted by Gasteiger charge is 2.27. The average Bonchev–Trinajstić information content (AvgIpc) is 2.14. The van der Waals surface area contributed by atoms with Crippen molar-refractivity contribution in [1.29, 1.82) is 0 Å². The summed E-state index contributed by atoms with van der Waals surface area (Å²) in [7, 11) is -3.34. The van der Waals surface area contributed by atoms with Gasteiger partial charge in [-0.25, -0.2) is 8.42 Å². The number of rotatable bonds is 3. The molecule has 6 heteroatoms. The molecule has 0 aliphatic carbocycles. The lowest BCUT2D eigenvalue weighted by Crippen LogP contribution is -2.21. The molecule has 2 atom stereocenters. The van der Waals surface area contributed by atoms with Gasteiger partial charge in [0.05, 0.1) is 0 Å². The molecule has 0 saturated carbocycles. The third-order valence-corrected chi connectivity index (χ3v) is 5.52. The van der Waals surface area contributed by atoms with Crippen molar-refractivity contribution < 1.29 is 13.5 Å². The van der Waals surface area contributed by atoms with E-state index in [-0.39, 0.29) is 0 Å². The van der Waals surface area contributed by atoms with Crippen LogP contribution < -0.4 is 5.73 Å². The molecular weight excluding hydrogens is 282 g/mol. The highest BCUT2D eigenvalue weighted by molar-refractivity contribution is 9.11. The first-order chi connectivity index (χ1) is 6.82. The van der Waals surface area contributed by atoms with Gasteiger partial charge in [0, 0.05) is 11.9 Å². The van der Waals surface area contributed by atoms with Crippen LogP contribution in [-0.2, 0) is 9.84 Å². The Bertz CT molecular complexity index is 446. The Morgan fingerprint density at radius 1 is 1.47 bits per heavy atom. The van der Waals surface area contributed by atoms with Crippen LogP contribution in [0.4, 0.5) is 5.69 Å². The maximum Gasteiger partial charge on any atom is 0.163 e. The summed E-state index contributed by atoms with van der Waals surface area (Å²) in [5, 5.41) is 9.77. The number of nitrogen functional groups attached to an aromatic ring is 1. The van der Waals surface area contributed by atoms with Crippen LogP contribution in [0.1, 0.15) is 11.7 Å². The molecule has 0 bridgehead atoms. The lowest BCUT2D eigenvalue weighted by Gasteiger charge is -2.16. The summed E-state index contributed by atoms with van der Waals surface area (Å²) in [6.45, 7) is 0. The van der Waals surface area contributed by atoms with Gasteiger partial charge in [0.1, 0.15) is 10.3 Å². The third-order valence-electron chi connectivity index (χ3n) is 1.91.